The van der Waals surface area contributed by atoms with E-state index in [4.69, 9.17) is 18.8 Å². The van der Waals surface area contributed by atoms with Crippen molar-refractivity contribution in [2.24, 2.45) is 0 Å². The van der Waals surface area contributed by atoms with Crippen molar-refractivity contribution in [2.75, 3.05) is 0 Å². The molecule has 0 amide bonds. The molecule has 0 N–H and O–H groups in total. The first-order valence-electron chi connectivity index (χ1n) is 16.7. The van der Waals surface area contributed by atoms with E-state index in [-0.39, 0.29) is 0 Å². The number of fused-ring (bicyclic) bond motifs is 7. The fourth-order valence-electron chi connectivity index (χ4n) is 8.69. The Hall–Kier alpha value is -6.50. The monoisotopic (exact) mass is 655 g/mol. The summed E-state index contributed by atoms with van der Waals surface area (Å²) in [7, 11) is 0. The Morgan fingerprint density at radius 3 is 2.16 bits per heavy atom. The Kier molecular flexibility index (Phi) is 4.46. The molecule has 0 radical (unpaired) electrons. The summed E-state index contributed by atoms with van der Waals surface area (Å²) < 4.78 is 16.4. The normalized spacial score (nSPS) is 12.8. The third kappa shape index (κ3) is 3.01. The lowest BCUT2D eigenvalue weighted by atomic mass is 9.95. The topological polar surface area (TPSA) is 57.0 Å². The molecule has 5 aromatic heterocycles. The van der Waals surface area contributed by atoms with Gasteiger partial charge in [0.25, 0.3) is 0 Å². The van der Waals surface area contributed by atoms with Crippen LogP contribution in [0, 0.1) is 0 Å². The van der Waals surface area contributed by atoms with Crippen LogP contribution >= 0.6 is 11.3 Å². The summed E-state index contributed by atoms with van der Waals surface area (Å²) in [6.07, 6.45) is 0. The van der Waals surface area contributed by atoms with Crippen LogP contribution in [0.2, 0.25) is 0 Å². The second kappa shape index (κ2) is 8.74. The molecule has 230 valence electrons. The largest absolute Gasteiger partial charge is 0.456 e. The molecule has 5 heterocycles. The molecule has 7 aromatic carbocycles. The molecule has 13 rings (SSSR count). The van der Waals surface area contributed by atoms with Gasteiger partial charge in [-0.2, -0.15) is 0 Å². The Balaban J connectivity index is 1.24. The van der Waals surface area contributed by atoms with Crippen LogP contribution in [0.4, 0.5) is 0 Å². The third-order valence-electron chi connectivity index (χ3n) is 10.7. The van der Waals surface area contributed by atoms with Crippen molar-refractivity contribution in [3.05, 3.63) is 127 Å². The average molecular weight is 656 g/mol. The molecule has 1 aliphatic carbocycles. The molecule has 0 fully saturated rings. The zero-order valence-electron chi connectivity index (χ0n) is 26.2. The van der Waals surface area contributed by atoms with E-state index in [9.17, 15) is 0 Å². The quantitative estimate of drug-likeness (QED) is 0.186. The lowest BCUT2D eigenvalue weighted by Crippen LogP contribution is -2.03. The molecule has 0 atom stereocenters. The number of benzene rings is 7. The Morgan fingerprint density at radius 2 is 1.22 bits per heavy atom. The van der Waals surface area contributed by atoms with E-state index in [2.05, 4.69) is 120 Å². The van der Waals surface area contributed by atoms with Gasteiger partial charge in [0.2, 0.25) is 0 Å². The van der Waals surface area contributed by atoms with Crippen molar-refractivity contribution in [1.29, 1.82) is 0 Å². The van der Waals surface area contributed by atoms with Crippen molar-refractivity contribution in [1.82, 2.24) is 14.5 Å². The Morgan fingerprint density at radius 1 is 0.500 bits per heavy atom. The fourth-order valence-corrected chi connectivity index (χ4v) is 9.71. The van der Waals surface area contributed by atoms with E-state index in [1.54, 1.807) is 11.3 Å². The highest BCUT2D eigenvalue weighted by Gasteiger charge is 2.28. The molecule has 5 nitrogen and oxygen atoms in total. The summed E-state index contributed by atoms with van der Waals surface area (Å²) >= 11 is 1.68. The first-order valence-corrected chi connectivity index (χ1v) is 17.6. The maximum absolute atomic E-state index is 6.54. The van der Waals surface area contributed by atoms with Gasteiger partial charge in [0.1, 0.15) is 38.4 Å². The number of aromatic nitrogens is 3. The van der Waals surface area contributed by atoms with Gasteiger partial charge in [0.15, 0.2) is 5.82 Å². The Labute approximate surface area is 286 Å². The van der Waals surface area contributed by atoms with Gasteiger partial charge >= 0.3 is 0 Å². The van der Waals surface area contributed by atoms with Gasteiger partial charge in [0, 0.05) is 48.0 Å². The van der Waals surface area contributed by atoms with Crippen molar-refractivity contribution in [3.8, 4) is 28.2 Å². The van der Waals surface area contributed by atoms with Gasteiger partial charge in [-0.15, -0.1) is 11.3 Å². The van der Waals surface area contributed by atoms with Crippen LogP contribution in [0.5, 0.6) is 0 Å². The van der Waals surface area contributed by atoms with E-state index in [0.717, 1.165) is 87.7 Å². The number of furan rings is 2. The number of para-hydroxylation sites is 1. The van der Waals surface area contributed by atoms with Gasteiger partial charge in [-0.1, -0.05) is 78.9 Å². The summed E-state index contributed by atoms with van der Waals surface area (Å²) in [5.74, 6) is 0.793. The summed E-state index contributed by atoms with van der Waals surface area (Å²) in [5, 5.41) is 10.5. The van der Waals surface area contributed by atoms with E-state index >= 15 is 0 Å². The third-order valence-corrected chi connectivity index (χ3v) is 11.8. The van der Waals surface area contributed by atoms with Crippen LogP contribution in [0.25, 0.3) is 125 Å². The number of rotatable bonds is 2. The molecule has 0 unspecified atom stereocenters. The summed E-state index contributed by atoms with van der Waals surface area (Å²) in [6.45, 7) is 0. The van der Waals surface area contributed by atoms with E-state index in [1.807, 2.05) is 12.1 Å². The molecular weight excluding hydrogens is 635 g/mol. The fraction of sp³-hybridized carbons (Fsp3) is 0. The van der Waals surface area contributed by atoms with Crippen molar-refractivity contribution in [2.45, 2.75) is 0 Å². The minimum Gasteiger partial charge on any atom is -0.456 e. The predicted molar refractivity (Wildman–Crippen MR) is 206 cm³/mol. The highest BCUT2D eigenvalue weighted by molar-refractivity contribution is 7.25. The number of nitrogens with zero attached hydrogens (tertiary/aromatic N) is 3. The van der Waals surface area contributed by atoms with Crippen molar-refractivity contribution >= 4 is 108 Å². The van der Waals surface area contributed by atoms with Crippen LogP contribution in [0.3, 0.4) is 0 Å². The molecule has 0 saturated heterocycles. The number of hydrogen-bond donors (Lipinski definition) is 0. The maximum atomic E-state index is 6.54. The second-order valence-corrected chi connectivity index (χ2v) is 14.3. The minimum atomic E-state index is 0.793. The van der Waals surface area contributed by atoms with Gasteiger partial charge in [-0.3, -0.25) is 4.57 Å². The van der Waals surface area contributed by atoms with Crippen LogP contribution in [0.15, 0.2) is 136 Å². The van der Waals surface area contributed by atoms with Crippen molar-refractivity contribution < 1.29 is 8.83 Å². The molecule has 0 spiro atoms. The minimum absolute atomic E-state index is 0.793. The standard InChI is InChI=1S/C44H21N3O2S/c1-3-12-31-24(8-1)25-17-15-23(21-34(25)48-31)41-43(45-42-28-9-2-4-14-35(28)50-44(42)46-41)47-29-18-16-22-7-5-10-26-27-11-6-13-32-37(27)40-33(49-32)20-19-30(47)39(40)38(29)36(22)26/h1-21H. The Bertz CT molecular complexity index is 3510. The van der Waals surface area contributed by atoms with Gasteiger partial charge in [-0.05, 0) is 70.4 Å². The van der Waals surface area contributed by atoms with Crippen LogP contribution in [0.1, 0.15) is 0 Å². The lowest BCUT2D eigenvalue weighted by molar-refractivity contribution is 0.668. The first-order chi connectivity index (χ1) is 24.8. The maximum Gasteiger partial charge on any atom is 0.165 e. The molecule has 12 aromatic rings. The van der Waals surface area contributed by atoms with Gasteiger partial charge in [0.05, 0.1) is 11.0 Å². The molecule has 0 bridgehead atoms. The first kappa shape index (κ1) is 25.5. The average Bonchev–Trinajstić information content (AvgIpc) is 3.89. The highest BCUT2D eigenvalue weighted by Crippen LogP contribution is 2.51. The summed E-state index contributed by atoms with van der Waals surface area (Å²) in [4.78, 5) is 12.0. The smallest absolute Gasteiger partial charge is 0.165 e. The van der Waals surface area contributed by atoms with Crippen molar-refractivity contribution in [3.63, 3.8) is 0 Å². The van der Waals surface area contributed by atoms with Crippen LogP contribution < -0.4 is 0 Å². The summed E-state index contributed by atoms with van der Waals surface area (Å²) in [6, 6.07) is 45.0. The van der Waals surface area contributed by atoms with Crippen LogP contribution in [-0.2, 0) is 0 Å². The molecule has 6 heteroatoms. The highest BCUT2D eigenvalue weighted by atomic mass is 32.1. The second-order valence-electron chi connectivity index (χ2n) is 13.3. The van der Waals surface area contributed by atoms with Crippen LogP contribution in [-0.4, -0.2) is 14.5 Å². The number of hydrogen-bond acceptors (Lipinski definition) is 5. The lowest BCUT2D eigenvalue weighted by Gasteiger charge is -2.14. The zero-order chi connectivity index (χ0) is 32.2. The van der Waals surface area contributed by atoms with Gasteiger partial charge in [-0.25, -0.2) is 9.97 Å². The molecule has 0 aliphatic heterocycles. The summed E-state index contributed by atoms with van der Waals surface area (Å²) in [5.41, 5.74) is 10.8. The predicted octanol–water partition coefficient (Wildman–Crippen LogP) is 12.5. The molecule has 0 saturated carbocycles. The van der Waals surface area contributed by atoms with E-state index < -0.39 is 0 Å². The van der Waals surface area contributed by atoms with Gasteiger partial charge < -0.3 is 8.83 Å². The SMILES string of the molecule is c1cc2c3c(c1)ccc1c3c3c4c(ccc3n1-c1nc3c(nc1-c1ccc5c(c1)oc1ccccc15)sc1ccccc13)oc1cccc-2c14. The zero-order valence-corrected chi connectivity index (χ0v) is 27.0. The number of thiophene rings is 1. The molecular formula is C44H21N3O2S. The molecule has 1 aliphatic rings. The molecule has 50 heavy (non-hydrogen) atoms. The van der Waals surface area contributed by atoms with E-state index in [0.29, 0.717) is 0 Å². The van der Waals surface area contributed by atoms with E-state index in [1.165, 1.54) is 37.4 Å².